The monoisotopic (exact) mass is 499 g/mol. The van der Waals surface area contributed by atoms with Crippen LogP contribution in [0, 0.1) is 0 Å². The average Bonchev–Trinajstić information content (AvgIpc) is 2.87. The third-order valence-electron chi connectivity index (χ3n) is 3.65. The number of hydrogen-bond acceptors (Lipinski definition) is 8. The number of hydrogen-bond donors (Lipinski definition) is 1. The number of carbonyl (C=O) groups excluding carboxylic acids is 1. The van der Waals surface area contributed by atoms with Crippen LogP contribution in [0.5, 0.6) is 0 Å². The molecule has 0 atom stereocenters. The van der Waals surface area contributed by atoms with E-state index >= 15 is 0 Å². The highest BCUT2D eigenvalue weighted by Crippen LogP contribution is 1.88. The molecule has 1 amide bonds. The van der Waals surface area contributed by atoms with Crippen LogP contribution in [0.2, 0.25) is 0 Å². The van der Waals surface area contributed by atoms with Crippen molar-refractivity contribution in [3.63, 3.8) is 0 Å². The van der Waals surface area contributed by atoms with Crippen LogP contribution in [0.1, 0.15) is 62.2 Å². The molecule has 0 rings (SSSR count). The van der Waals surface area contributed by atoms with Crippen molar-refractivity contribution in [3.05, 3.63) is 0 Å². The summed E-state index contributed by atoms with van der Waals surface area (Å²) in [5, 5.41) is 2.73. The Labute approximate surface area is 211 Å². The van der Waals surface area contributed by atoms with Crippen molar-refractivity contribution in [3.8, 4) is 0 Å². The van der Waals surface area contributed by atoms with Crippen LogP contribution in [-0.4, -0.2) is 105 Å². The minimum atomic E-state index is -0.166. The smallest absolute Gasteiger partial charge is 0.246 e. The Morgan fingerprint density at radius 2 is 0.912 bits per heavy atom. The SMILES string of the molecule is CC.CC.CCCCOCCOCCNC(=O)COCCOCCOCCOCCOCCC.[HH]. The first-order chi connectivity index (χ1) is 16.8. The Morgan fingerprint density at radius 1 is 0.529 bits per heavy atom. The van der Waals surface area contributed by atoms with Crippen molar-refractivity contribution in [1.82, 2.24) is 5.32 Å². The molecular weight excluding hydrogens is 442 g/mol. The van der Waals surface area contributed by atoms with Crippen LogP contribution in [0.4, 0.5) is 0 Å². The number of ether oxygens (including phenoxy) is 7. The first kappa shape index (κ1) is 37.7. The highest BCUT2D eigenvalue weighted by molar-refractivity contribution is 5.77. The second-order valence-corrected chi connectivity index (χ2v) is 6.43. The van der Waals surface area contributed by atoms with Gasteiger partial charge in [-0.3, -0.25) is 4.79 Å². The summed E-state index contributed by atoms with van der Waals surface area (Å²) in [6.07, 6.45) is 3.22. The zero-order valence-corrected chi connectivity index (χ0v) is 23.0. The van der Waals surface area contributed by atoms with Gasteiger partial charge in [0.05, 0.1) is 72.7 Å². The van der Waals surface area contributed by atoms with Gasteiger partial charge in [0.15, 0.2) is 0 Å². The van der Waals surface area contributed by atoms with Gasteiger partial charge in [0, 0.05) is 21.2 Å². The molecule has 0 aromatic carbocycles. The minimum Gasteiger partial charge on any atom is -0.379 e. The van der Waals surface area contributed by atoms with Crippen molar-refractivity contribution in [2.24, 2.45) is 0 Å². The quantitative estimate of drug-likeness (QED) is 0.190. The molecule has 210 valence electrons. The number of rotatable bonds is 25. The molecule has 34 heavy (non-hydrogen) atoms. The van der Waals surface area contributed by atoms with Gasteiger partial charge in [-0.15, -0.1) is 0 Å². The Bertz CT molecular complexity index is 355. The van der Waals surface area contributed by atoms with Crippen molar-refractivity contribution >= 4 is 5.91 Å². The van der Waals surface area contributed by atoms with Crippen molar-refractivity contribution in [1.29, 1.82) is 0 Å². The fourth-order valence-electron chi connectivity index (χ4n) is 2.07. The number of carbonyl (C=O) groups is 1. The van der Waals surface area contributed by atoms with Crippen molar-refractivity contribution < 1.29 is 39.4 Å². The van der Waals surface area contributed by atoms with E-state index < -0.39 is 0 Å². The van der Waals surface area contributed by atoms with Gasteiger partial charge in [0.1, 0.15) is 6.61 Å². The fraction of sp³-hybridized carbons (Fsp3) is 0.960. The zero-order valence-electron chi connectivity index (χ0n) is 23.0. The van der Waals surface area contributed by atoms with Crippen LogP contribution in [0.15, 0.2) is 0 Å². The van der Waals surface area contributed by atoms with E-state index in [1.165, 1.54) is 0 Å². The van der Waals surface area contributed by atoms with Crippen LogP contribution in [0.25, 0.3) is 0 Å². The molecule has 0 radical (unpaired) electrons. The molecule has 0 heterocycles. The molecule has 0 aliphatic carbocycles. The number of amides is 1. The van der Waals surface area contributed by atoms with E-state index in [4.69, 9.17) is 33.2 Å². The first-order valence-electron chi connectivity index (χ1n) is 13.1. The summed E-state index contributed by atoms with van der Waals surface area (Å²) in [6.45, 7) is 19.9. The standard InChI is InChI=1S/C21H43NO8.2C2H6.H2/c1-3-5-8-25-11-12-26-9-6-22-21(23)20-30-19-18-29-17-16-28-15-14-27-13-10-24-7-4-2;2*1-2;/h3-20H2,1-2H3,(H,22,23);2*1-2H3;1H. The maximum absolute atomic E-state index is 11.6. The van der Waals surface area contributed by atoms with E-state index in [1.807, 2.05) is 27.7 Å². The molecule has 0 fully saturated rings. The lowest BCUT2D eigenvalue weighted by Crippen LogP contribution is -2.31. The zero-order chi connectivity index (χ0) is 26.0. The van der Waals surface area contributed by atoms with Crippen molar-refractivity contribution in [2.45, 2.75) is 60.8 Å². The lowest BCUT2D eigenvalue weighted by atomic mass is 10.4. The molecule has 9 heteroatoms. The molecule has 0 unspecified atom stereocenters. The summed E-state index contributed by atoms with van der Waals surface area (Å²) in [5.41, 5.74) is 0. The van der Waals surface area contributed by atoms with E-state index in [9.17, 15) is 4.79 Å². The Kier molecular flexibility index (Phi) is 43.7. The Morgan fingerprint density at radius 3 is 1.35 bits per heavy atom. The van der Waals surface area contributed by atoms with Gasteiger partial charge >= 0.3 is 0 Å². The van der Waals surface area contributed by atoms with E-state index in [0.717, 1.165) is 32.5 Å². The Balaban J connectivity index is -0.000000908. The van der Waals surface area contributed by atoms with Gasteiger partial charge in [0.25, 0.3) is 0 Å². The summed E-state index contributed by atoms with van der Waals surface area (Å²) in [4.78, 5) is 11.6. The molecule has 0 aliphatic heterocycles. The predicted octanol–water partition coefficient (Wildman–Crippen LogP) is 3.73. The van der Waals surface area contributed by atoms with E-state index in [2.05, 4.69) is 19.2 Å². The minimum absolute atomic E-state index is 0. The number of nitrogens with one attached hydrogen (secondary N) is 1. The lowest BCUT2D eigenvalue weighted by Gasteiger charge is -2.08. The molecule has 0 saturated carbocycles. The molecule has 0 aromatic heterocycles. The van der Waals surface area contributed by atoms with Gasteiger partial charge in [-0.1, -0.05) is 48.0 Å². The maximum Gasteiger partial charge on any atom is 0.246 e. The third-order valence-corrected chi connectivity index (χ3v) is 3.65. The second kappa shape index (κ2) is 39.4. The normalized spacial score (nSPS) is 10.2. The van der Waals surface area contributed by atoms with E-state index in [0.29, 0.717) is 79.2 Å². The molecule has 9 nitrogen and oxygen atoms in total. The molecule has 0 saturated heterocycles. The largest absolute Gasteiger partial charge is 0.379 e. The van der Waals surface area contributed by atoms with Gasteiger partial charge < -0.3 is 38.5 Å². The molecule has 0 aromatic rings. The Hall–Kier alpha value is -0.810. The third kappa shape index (κ3) is 38.5. The van der Waals surface area contributed by atoms with Crippen LogP contribution < -0.4 is 5.32 Å². The fourth-order valence-corrected chi connectivity index (χ4v) is 2.07. The number of unbranched alkanes of at least 4 members (excludes halogenated alkanes) is 1. The molecule has 1 N–H and O–H groups in total. The molecule has 0 bridgehead atoms. The summed E-state index contributed by atoms with van der Waals surface area (Å²) in [5.74, 6) is -0.166. The van der Waals surface area contributed by atoms with Crippen LogP contribution in [-0.2, 0) is 38.0 Å². The summed E-state index contributed by atoms with van der Waals surface area (Å²) in [7, 11) is 0. The second-order valence-electron chi connectivity index (χ2n) is 6.43. The van der Waals surface area contributed by atoms with Gasteiger partial charge in [0.2, 0.25) is 5.91 Å². The van der Waals surface area contributed by atoms with E-state index in [-0.39, 0.29) is 13.9 Å². The molecule has 0 spiro atoms. The highest BCUT2D eigenvalue weighted by Gasteiger charge is 2.00. The van der Waals surface area contributed by atoms with Gasteiger partial charge in [-0.2, -0.15) is 0 Å². The van der Waals surface area contributed by atoms with Crippen LogP contribution in [0.3, 0.4) is 0 Å². The lowest BCUT2D eigenvalue weighted by molar-refractivity contribution is -0.126. The first-order valence-corrected chi connectivity index (χ1v) is 13.1. The van der Waals surface area contributed by atoms with Gasteiger partial charge in [-0.25, -0.2) is 0 Å². The maximum atomic E-state index is 11.6. The molecular formula is C25H57NO8. The summed E-state index contributed by atoms with van der Waals surface area (Å²) < 4.78 is 37.4. The highest BCUT2D eigenvalue weighted by atomic mass is 16.6. The topological polar surface area (TPSA) is 93.7 Å². The van der Waals surface area contributed by atoms with Crippen molar-refractivity contribution in [2.75, 3.05) is 99.0 Å². The average molecular weight is 500 g/mol. The summed E-state index contributed by atoms with van der Waals surface area (Å²) in [6, 6.07) is 0. The molecule has 0 aliphatic rings. The van der Waals surface area contributed by atoms with Gasteiger partial charge in [-0.05, 0) is 12.8 Å². The predicted molar refractivity (Wildman–Crippen MR) is 139 cm³/mol. The van der Waals surface area contributed by atoms with Crippen LogP contribution >= 0.6 is 0 Å². The summed E-state index contributed by atoms with van der Waals surface area (Å²) >= 11 is 0. The van der Waals surface area contributed by atoms with E-state index in [1.54, 1.807) is 0 Å².